The summed E-state index contributed by atoms with van der Waals surface area (Å²) in [5.41, 5.74) is 1.91. The molecule has 9 nitrogen and oxygen atoms in total. The number of amides is 3. The highest BCUT2D eigenvalue weighted by Crippen LogP contribution is 2.21. The van der Waals surface area contributed by atoms with Gasteiger partial charge in [-0.15, -0.1) is 0 Å². The second-order valence-electron chi connectivity index (χ2n) is 7.06. The molecule has 3 aromatic rings. The lowest BCUT2D eigenvalue weighted by molar-refractivity contribution is 0.0954. The monoisotopic (exact) mass is 423 g/mol. The van der Waals surface area contributed by atoms with E-state index in [9.17, 15) is 9.59 Å². The minimum absolute atomic E-state index is 0.183. The first kappa shape index (κ1) is 21.8. The van der Waals surface area contributed by atoms with E-state index in [0.29, 0.717) is 35.3 Å². The van der Waals surface area contributed by atoms with E-state index in [1.165, 1.54) is 0 Å². The van der Waals surface area contributed by atoms with Crippen molar-refractivity contribution in [3.63, 3.8) is 0 Å². The van der Waals surface area contributed by atoms with Gasteiger partial charge in [0.2, 0.25) is 0 Å². The van der Waals surface area contributed by atoms with E-state index in [2.05, 4.69) is 26.1 Å². The van der Waals surface area contributed by atoms with Crippen LogP contribution in [0.5, 0.6) is 5.75 Å². The Morgan fingerprint density at radius 1 is 1.00 bits per heavy atom. The molecule has 0 spiro atoms. The minimum atomic E-state index is -0.369. The number of nitrogens with one attached hydrogen (secondary N) is 3. The third-order valence-corrected chi connectivity index (χ3v) is 4.40. The zero-order chi connectivity index (χ0) is 22.2. The predicted molar refractivity (Wildman–Crippen MR) is 116 cm³/mol. The van der Waals surface area contributed by atoms with Gasteiger partial charge in [-0.3, -0.25) is 4.79 Å². The van der Waals surface area contributed by atoms with Gasteiger partial charge in [-0.05, 0) is 48.5 Å². The van der Waals surface area contributed by atoms with Gasteiger partial charge in [0.25, 0.3) is 11.8 Å². The fraction of sp³-hybridized carbons (Fsp3) is 0.273. The molecule has 0 saturated carbocycles. The topological polar surface area (TPSA) is 118 Å². The van der Waals surface area contributed by atoms with Crippen LogP contribution in [0.25, 0.3) is 11.5 Å². The Bertz CT molecular complexity index is 1010. The molecule has 0 saturated heterocycles. The largest absolute Gasteiger partial charge is 0.497 e. The van der Waals surface area contributed by atoms with Crippen LogP contribution in [0.2, 0.25) is 0 Å². The zero-order valence-electron chi connectivity index (χ0n) is 17.6. The lowest BCUT2D eigenvalue weighted by Gasteiger charge is -2.09. The van der Waals surface area contributed by atoms with E-state index in [1.807, 2.05) is 13.8 Å². The van der Waals surface area contributed by atoms with Gasteiger partial charge in [-0.2, -0.15) is 4.98 Å². The second kappa shape index (κ2) is 10.2. The Kier molecular flexibility index (Phi) is 7.21. The number of aromatic nitrogens is 2. The Labute approximate surface area is 180 Å². The van der Waals surface area contributed by atoms with E-state index in [-0.39, 0.29) is 24.4 Å². The van der Waals surface area contributed by atoms with Crippen molar-refractivity contribution in [2.24, 2.45) is 0 Å². The van der Waals surface area contributed by atoms with Crippen molar-refractivity contribution in [3.05, 3.63) is 59.9 Å². The number of hydrogen-bond acceptors (Lipinski definition) is 6. The minimum Gasteiger partial charge on any atom is -0.497 e. The number of anilines is 1. The Hall–Kier alpha value is -3.88. The zero-order valence-corrected chi connectivity index (χ0v) is 17.6. The van der Waals surface area contributed by atoms with Crippen molar-refractivity contribution in [1.82, 2.24) is 20.8 Å². The number of carbonyl (C=O) groups excluding carboxylic acids is 2. The molecule has 0 aliphatic heterocycles. The summed E-state index contributed by atoms with van der Waals surface area (Å²) in [6, 6.07) is 13.5. The van der Waals surface area contributed by atoms with Crippen LogP contribution < -0.4 is 20.7 Å². The number of nitrogens with zero attached hydrogens (tertiary/aromatic N) is 2. The van der Waals surface area contributed by atoms with E-state index < -0.39 is 0 Å². The summed E-state index contributed by atoms with van der Waals surface area (Å²) in [7, 11) is 1.57. The Morgan fingerprint density at radius 3 is 2.29 bits per heavy atom. The molecule has 0 unspecified atom stereocenters. The number of benzene rings is 2. The highest BCUT2D eigenvalue weighted by Gasteiger charge is 2.11. The number of ether oxygens (including phenoxy) is 1. The maximum absolute atomic E-state index is 12.1. The molecule has 31 heavy (non-hydrogen) atoms. The first-order chi connectivity index (χ1) is 15.0. The smallest absolute Gasteiger partial charge is 0.319 e. The SMILES string of the molecule is COc1ccc(C(=O)NCCNC(=O)Nc2ccc(-c3nc(C(C)C)no3)cc2)cc1. The number of rotatable bonds is 8. The first-order valence-electron chi connectivity index (χ1n) is 9.87. The molecule has 0 atom stereocenters. The van der Waals surface area contributed by atoms with Crippen LogP contribution in [0.15, 0.2) is 53.1 Å². The van der Waals surface area contributed by atoms with Crippen molar-refractivity contribution in [1.29, 1.82) is 0 Å². The third kappa shape index (κ3) is 6.05. The molecule has 2 aromatic carbocycles. The van der Waals surface area contributed by atoms with Gasteiger partial charge in [0.1, 0.15) is 5.75 Å². The molecule has 1 heterocycles. The summed E-state index contributed by atoms with van der Waals surface area (Å²) < 4.78 is 10.3. The number of urea groups is 1. The van der Waals surface area contributed by atoms with E-state index in [1.54, 1.807) is 55.6 Å². The predicted octanol–water partition coefficient (Wildman–Crippen LogP) is 3.42. The highest BCUT2D eigenvalue weighted by atomic mass is 16.5. The van der Waals surface area contributed by atoms with Crippen LogP contribution in [-0.4, -0.2) is 42.3 Å². The number of carbonyl (C=O) groups is 2. The lowest BCUT2D eigenvalue weighted by atomic mass is 10.2. The summed E-state index contributed by atoms with van der Waals surface area (Å²) in [6.07, 6.45) is 0. The molecule has 0 aliphatic rings. The molecule has 3 amide bonds. The second-order valence-corrected chi connectivity index (χ2v) is 7.06. The Morgan fingerprint density at radius 2 is 1.68 bits per heavy atom. The van der Waals surface area contributed by atoms with Gasteiger partial charge in [-0.1, -0.05) is 19.0 Å². The molecule has 0 radical (unpaired) electrons. The summed E-state index contributed by atoms with van der Waals surface area (Å²) in [5, 5.41) is 12.1. The quantitative estimate of drug-likeness (QED) is 0.478. The Balaban J connectivity index is 1.41. The van der Waals surface area contributed by atoms with Gasteiger partial charge in [0, 0.05) is 35.8 Å². The van der Waals surface area contributed by atoms with Crippen LogP contribution in [0, 0.1) is 0 Å². The summed E-state index contributed by atoms with van der Waals surface area (Å²) in [4.78, 5) is 28.5. The molecule has 162 valence electrons. The van der Waals surface area contributed by atoms with Gasteiger partial charge in [-0.25, -0.2) is 4.79 Å². The lowest BCUT2D eigenvalue weighted by Crippen LogP contribution is -2.36. The summed E-state index contributed by atoms with van der Waals surface area (Å²) in [6.45, 7) is 4.56. The van der Waals surface area contributed by atoms with Crippen LogP contribution in [0.4, 0.5) is 10.5 Å². The normalized spacial score (nSPS) is 10.6. The van der Waals surface area contributed by atoms with Crippen LogP contribution in [0.1, 0.15) is 35.9 Å². The molecule has 0 fully saturated rings. The molecule has 0 aliphatic carbocycles. The fourth-order valence-corrected chi connectivity index (χ4v) is 2.65. The van der Waals surface area contributed by atoms with Crippen molar-refractivity contribution >= 4 is 17.6 Å². The summed E-state index contributed by atoms with van der Waals surface area (Å²) in [5.74, 6) is 1.73. The van der Waals surface area contributed by atoms with Crippen LogP contribution in [-0.2, 0) is 0 Å². The van der Waals surface area contributed by atoms with Crippen LogP contribution >= 0.6 is 0 Å². The van der Waals surface area contributed by atoms with Gasteiger partial charge < -0.3 is 25.2 Å². The van der Waals surface area contributed by atoms with Gasteiger partial charge >= 0.3 is 6.03 Å². The fourth-order valence-electron chi connectivity index (χ4n) is 2.65. The van der Waals surface area contributed by atoms with E-state index in [0.717, 1.165) is 5.56 Å². The standard InChI is InChI=1S/C22H25N5O4/c1-14(2)19-26-21(31-27-19)16-4-8-17(9-5-16)25-22(29)24-13-12-23-20(28)15-6-10-18(30-3)11-7-15/h4-11,14H,12-13H2,1-3H3,(H,23,28)(H2,24,25,29). The average molecular weight is 423 g/mol. The van der Waals surface area contributed by atoms with E-state index >= 15 is 0 Å². The van der Waals surface area contributed by atoms with E-state index in [4.69, 9.17) is 9.26 Å². The van der Waals surface area contributed by atoms with Crippen molar-refractivity contribution in [2.45, 2.75) is 19.8 Å². The van der Waals surface area contributed by atoms with Crippen molar-refractivity contribution < 1.29 is 18.8 Å². The highest BCUT2D eigenvalue weighted by molar-refractivity contribution is 5.94. The summed E-state index contributed by atoms with van der Waals surface area (Å²) >= 11 is 0. The van der Waals surface area contributed by atoms with Crippen LogP contribution in [0.3, 0.4) is 0 Å². The maximum Gasteiger partial charge on any atom is 0.319 e. The van der Waals surface area contributed by atoms with Crippen molar-refractivity contribution in [3.8, 4) is 17.2 Å². The first-order valence-corrected chi connectivity index (χ1v) is 9.87. The third-order valence-electron chi connectivity index (χ3n) is 4.40. The molecule has 9 heteroatoms. The molecule has 0 bridgehead atoms. The van der Waals surface area contributed by atoms with Gasteiger partial charge in [0.05, 0.1) is 7.11 Å². The van der Waals surface area contributed by atoms with Gasteiger partial charge in [0.15, 0.2) is 5.82 Å². The molecular formula is C22H25N5O4. The molecule has 3 N–H and O–H groups in total. The molecule has 1 aromatic heterocycles. The van der Waals surface area contributed by atoms with Crippen molar-refractivity contribution in [2.75, 3.05) is 25.5 Å². The molecular weight excluding hydrogens is 398 g/mol. The number of methoxy groups -OCH3 is 1. The molecule has 3 rings (SSSR count). The number of hydrogen-bond donors (Lipinski definition) is 3. The average Bonchev–Trinajstić information content (AvgIpc) is 3.28. The maximum atomic E-state index is 12.1.